The summed E-state index contributed by atoms with van der Waals surface area (Å²) in [6.45, 7) is 12.0. The van der Waals surface area contributed by atoms with Crippen molar-refractivity contribution >= 4 is 17.8 Å². The normalized spacial score (nSPS) is 14.9. The van der Waals surface area contributed by atoms with Gasteiger partial charge in [-0.1, -0.05) is 39.8 Å². The second-order valence-corrected chi connectivity index (χ2v) is 12.4. The highest BCUT2D eigenvalue weighted by Gasteiger charge is 2.29. The van der Waals surface area contributed by atoms with Gasteiger partial charge in [0.2, 0.25) is 11.7 Å². The molecule has 1 saturated heterocycles. The number of carboxylic acid groups (broad SMARTS) is 1. The van der Waals surface area contributed by atoms with Gasteiger partial charge < -0.3 is 26.0 Å². The predicted molar refractivity (Wildman–Crippen MR) is 169 cm³/mol. The number of hydrogen-bond donors (Lipinski definition) is 5. The average Bonchev–Trinajstić information content (AvgIpc) is 3.42. The molecule has 12 nitrogen and oxygen atoms in total. The number of hydrogen-bond acceptors (Lipinski definition) is 8. The van der Waals surface area contributed by atoms with E-state index in [1.54, 1.807) is 10.6 Å². The van der Waals surface area contributed by atoms with Crippen LogP contribution in [0.5, 0.6) is 11.5 Å². The number of aromatic hydroxyl groups is 2. The lowest BCUT2D eigenvalue weighted by Gasteiger charge is -2.32. The fraction of sp³-hybridized carbons (Fsp3) is 0.485. The summed E-state index contributed by atoms with van der Waals surface area (Å²) in [5, 5.41) is 44.5. The minimum atomic E-state index is -1.00. The fourth-order valence-electron chi connectivity index (χ4n) is 5.67. The second kappa shape index (κ2) is 14.6. The molecule has 12 heteroatoms. The van der Waals surface area contributed by atoms with Crippen LogP contribution in [-0.4, -0.2) is 78.4 Å². The number of carbonyl (C=O) groups excluding carboxylic acids is 2. The summed E-state index contributed by atoms with van der Waals surface area (Å²) in [6.07, 6.45) is 1.69. The Morgan fingerprint density at radius 3 is 2.22 bits per heavy atom. The lowest BCUT2D eigenvalue weighted by molar-refractivity contribution is -0.143. The molecule has 0 radical (unpaired) electrons. The third-order valence-electron chi connectivity index (χ3n) is 8.09. The monoisotopic (exact) mass is 620 g/mol. The second-order valence-electron chi connectivity index (χ2n) is 12.4. The minimum Gasteiger partial charge on any atom is -0.508 e. The van der Waals surface area contributed by atoms with Gasteiger partial charge in [0.1, 0.15) is 17.5 Å². The highest BCUT2D eigenvalue weighted by Crippen LogP contribution is 2.38. The van der Waals surface area contributed by atoms with Gasteiger partial charge in [0, 0.05) is 30.8 Å². The summed E-state index contributed by atoms with van der Waals surface area (Å²) in [6, 6.07) is 9.73. The number of aromatic nitrogens is 3. The molecule has 0 saturated carbocycles. The van der Waals surface area contributed by atoms with Crippen LogP contribution in [0.2, 0.25) is 0 Å². The number of phenols is 2. The number of nitrogens with zero attached hydrogens (tertiary/aromatic N) is 4. The van der Waals surface area contributed by atoms with Crippen LogP contribution in [0.25, 0.3) is 17.1 Å². The van der Waals surface area contributed by atoms with Gasteiger partial charge in [-0.2, -0.15) is 0 Å². The van der Waals surface area contributed by atoms with Crippen LogP contribution in [0.15, 0.2) is 36.4 Å². The number of nitrogens with one attached hydrogen (secondary N) is 2. The Balaban J connectivity index is 1.50. The summed E-state index contributed by atoms with van der Waals surface area (Å²) in [7, 11) is 0. The molecule has 242 valence electrons. The quantitative estimate of drug-likeness (QED) is 0.200. The largest absolute Gasteiger partial charge is 0.508 e. The fourth-order valence-corrected chi connectivity index (χ4v) is 5.67. The standard InChI is InChI=1S/C33H44N6O6/c1-6-34-32(43)30-37-36-29(25-16-24(20(4)5)27(40)17-28(25)41)39(30)23-9-7-21(8-10-23)18-38-13-11-22(12-14-38)31(42)35-26(33(44)45)15-19(2)3/h7-10,16-17,19-20,22,26,40-41H,6,11-15,18H2,1-5H3,(H,34,43)(H,35,42)(H,44,45)/t26-/m0/s1. The van der Waals surface area contributed by atoms with E-state index in [4.69, 9.17) is 0 Å². The zero-order valence-corrected chi connectivity index (χ0v) is 26.6. The van der Waals surface area contributed by atoms with Crippen LogP contribution in [-0.2, 0) is 16.1 Å². The predicted octanol–water partition coefficient (Wildman–Crippen LogP) is 4.05. The van der Waals surface area contributed by atoms with E-state index in [0.29, 0.717) is 62.3 Å². The Kier molecular flexibility index (Phi) is 10.8. The molecule has 45 heavy (non-hydrogen) atoms. The first kappa shape index (κ1) is 33.4. The lowest BCUT2D eigenvalue weighted by atomic mass is 9.94. The molecule has 0 unspecified atom stereocenters. The average molecular weight is 621 g/mol. The van der Waals surface area contributed by atoms with Gasteiger partial charge in [-0.3, -0.25) is 19.1 Å². The summed E-state index contributed by atoms with van der Waals surface area (Å²) in [5.41, 5.74) is 2.64. The number of aliphatic carboxylic acids is 1. The smallest absolute Gasteiger partial charge is 0.326 e. The van der Waals surface area contributed by atoms with Crippen molar-refractivity contribution in [2.24, 2.45) is 11.8 Å². The molecule has 2 aromatic carbocycles. The van der Waals surface area contributed by atoms with Gasteiger partial charge in [-0.05, 0) is 80.4 Å². The van der Waals surface area contributed by atoms with Gasteiger partial charge in [-0.25, -0.2) is 4.79 Å². The maximum absolute atomic E-state index is 12.9. The summed E-state index contributed by atoms with van der Waals surface area (Å²) in [4.78, 5) is 39.6. The molecule has 2 heterocycles. The van der Waals surface area contributed by atoms with Crippen LogP contribution in [0.4, 0.5) is 0 Å². The molecular formula is C33H44N6O6. The maximum Gasteiger partial charge on any atom is 0.326 e. The first-order valence-corrected chi connectivity index (χ1v) is 15.5. The topological polar surface area (TPSA) is 170 Å². The molecule has 1 atom stereocenters. The Labute approximate surface area is 263 Å². The minimum absolute atomic E-state index is 0.0196. The van der Waals surface area contributed by atoms with E-state index >= 15 is 0 Å². The van der Waals surface area contributed by atoms with Crippen LogP contribution in [0.1, 0.15) is 81.5 Å². The van der Waals surface area contributed by atoms with E-state index in [1.165, 1.54) is 6.07 Å². The molecule has 5 N–H and O–H groups in total. The molecule has 3 aromatic rings. The molecule has 0 bridgehead atoms. The molecule has 2 amide bonds. The van der Waals surface area contributed by atoms with Crippen LogP contribution >= 0.6 is 0 Å². The van der Waals surface area contributed by atoms with Crippen molar-refractivity contribution in [1.82, 2.24) is 30.3 Å². The number of phenolic OH excluding ortho intramolecular Hbond substituents is 2. The van der Waals surface area contributed by atoms with E-state index in [2.05, 4.69) is 25.7 Å². The zero-order chi connectivity index (χ0) is 32.8. The van der Waals surface area contributed by atoms with Crippen LogP contribution in [0.3, 0.4) is 0 Å². The number of rotatable bonds is 12. The summed E-state index contributed by atoms with van der Waals surface area (Å²) >= 11 is 0. The van der Waals surface area contributed by atoms with E-state index < -0.39 is 17.9 Å². The van der Waals surface area contributed by atoms with Crippen molar-refractivity contribution in [1.29, 1.82) is 0 Å². The Morgan fingerprint density at radius 1 is 0.978 bits per heavy atom. The van der Waals surface area contributed by atoms with E-state index in [0.717, 1.165) is 5.56 Å². The first-order chi connectivity index (χ1) is 21.4. The van der Waals surface area contributed by atoms with Crippen LogP contribution in [0, 0.1) is 11.8 Å². The third kappa shape index (κ3) is 7.99. The number of amides is 2. The summed E-state index contributed by atoms with van der Waals surface area (Å²) < 4.78 is 1.60. The van der Waals surface area contributed by atoms with Crippen molar-refractivity contribution in [3.63, 3.8) is 0 Å². The van der Waals surface area contributed by atoms with E-state index in [-0.39, 0.29) is 46.8 Å². The first-order valence-electron chi connectivity index (χ1n) is 15.5. The van der Waals surface area contributed by atoms with Crippen molar-refractivity contribution < 1.29 is 29.7 Å². The summed E-state index contributed by atoms with van der Waals surface area (Å²) in [5.74, 6) is -1.55. The molecule has 1 aliphatic rings. The third-order valence-corrected chi connectivity index (χ3v) is 8.09. The Hall–Kier alpha value is -4.45. The van der Waals surface area contributed by atoms with Gasteiger partial charge in [0.15, 0.2) is 5.82 Å². The van der Waals surface area contributed by atoms with E-state index in [9.17, 15) is 29.7 Å². The van der Waals surface area contributed by atoms with Crippen molar-refractivity contribution in [2.75, 3.05) is 19.6 Å². The number of carbonyl (C=O) groups is 3. The molecule has 4 rings (SSSR count). The Bertz CT molecular complexity index is 1510. The number of benzene rings is 2. The maximum atomic E-state index is 12.9. The van der Waals surface area contributed by atoms with Crippen molar-refractivity contribution in [3.8, 4) is 28.6 Å². The highest BCUT2D eigenvalue weighted by molar-refractivity contribution is 5.92. The zero-order valence-electron chi connectivity index (χ0n) is 26.6. The van der Waals surface area contributed by atoms with Gasteiger partial charge >= 0.3 is 5.97 Å². The molecular weight excluding hydrogens is 576 g/mol. The molecule has 0 aliphatic carbocycles. The SMILES string of the molecule is CCNC(=O)c1nnc(-c2cc(C(C)C)c(O)cc2O)n1-c1ccc(CN2CCC(C(=O)N[C@@H](CC(C)C)C(=O)O)CC2)cc1. The molecule has 1 aliphatic heterocycles. The van der Waals surface area contributed by atoms with Crippen molar-refractivity contribution in [3.05, 3.63) is 53.3 Å². The van der Waals surface area contributed by atoms with Crippen molar-refractivity contribution in [2.45, 2.75) is 72.4 Å². The molecule has 0 spiro atoms. The van der Waals surface area contributed by atoms with Crippen LogP contribution < -0.4 is 10.6 Å². The lowest BCUT2D eigenvalue weighted by Crippen LogP contribution is -2.47. The number of carboxylic acids is 1. The van der Waals surface area contributed by atoms with E-state index in [1.807, 2.05) is 58.9 Å². The van der Waals surface area contributed by atoms with Gasteiger partial charge in [-0.15, -0.1) is 10.2 Å². The van der Waals surface area contributed by atoms with Gasteiger partial charge in [0.05, 0.1) is 5.56 Å². The number of piperidine rings is 1. The molecule has 1 aromatic heterocycles. The molecule has 1 fully saturated rings. The number of likely N-dealkylation sites (tertiary alicyclic amines) is 1. The van der Waals surface area contributed by atoms with Gasteiger partial charge in [0.25, 0.3) is 5.91 Å². The highest BCUT2D eigenvalue weighted by atomic mass is 16.4. The Morgan fingerprint density at radius 2 is 1.64 bits per heavy atom.